The van der Waals surface area contributed by atoms with Crippen molar-refractivity contribution in [2.45, 2.75) is 12.5 Å². The summed E-state index contributed by atoms with van der Waals surface area (Å²) >= 11 is 5.74. The highest BCUT2D eigenvalue weighted by molar-refractivity contribution is 6.30. The lowest BCUT2D eigenvalue weighted by molar-refractivity contribution is -0.132. The van der Waals surface area contributed by atoms with E-state index in [2.05, 4.69) is 10.6 Å². The Kier molecular flexibility index (Phi) is 4.87. The fourth-order valence-corrected chi connectivity index (χ4v) is 2.45. The molecule has 1 atom stereocenters. The van der Waals surface area contributed by atoms with E-state index in [0.717, 1.165) is 0 Å². The number of phenolic OH excluding ortho intramolecular Hbond substituents is 1. The monoisotopic (exact) mass is 325 g/mol. The van der Waals surface area contributed by atoms with Gasteiger partial charge in [0.2, 0.25) is 11.8 Å². The molecule has 1 aromatic carbocycles. The third-order valence-electron chi connectivity index (χ3n) is 3.44. The number of phenols is 1. The summed E-state index contributed by atoms with van der Waals surface area (Å²) < 4.78 is 0. The molecule has 1 aliphatic heterocycles. The average Bonchev–Trinajstić information content (AvgIpc) is 2.48. The number of piperazine rings is 1. The Morgan fingerprint density at radius 2 is 2.23 bits per heavy atom. The second kappa shape index (κ2) is 6.65. The molecule has 8 heteroatoms. The summed E-state index contributed by atoms with van der Waals surface area (Å²) in [6, 6.07) is 3.22. The lowest BCUT2D eigenvalue weighted by Crippen LogP contribution is -2.58. The molecule has 2 rings (SSSR count). The number of rotatable bonds is 3. The first-order chi connectivity index (χ1) is 10.4. The van der Waals surface area contributed by atoms with Gasteiger partial charge < -0.3 is 20.6 Å². The molecule has 3 amide bonds. The van der Waals surface area contributed by atoms with E-state index in [1.807, 2.05) is 0 Å². The van der Waals surface area contributed by atoms with Gasteiger partial charge in [-0.1, -0.05) is 11.6 Å². The zero-order chi connectivity index (χ0) is 16.3. The van der Waals surface area contributed by atoms with Gasteiger partial charge in [-0.05, 0) is 18.2 Å². The highest BCUT2D eigenvalue weighted by Crippen LogP contribution is 2.24. The molecule has 0 aliphatic carbocycles. The quantitative estimate of drug-likeness (QED) is 0.735. The first-order valence-corrected chi connectivity index (χ1v) is 7.09. The van der Waals surface area contributed by atoms with Crippen LogP contribution in [0.2, 0.25) is 5.02 Å². The molecule has 1 saturated heterocycles. The SMILES string of the molecule is CNC(=O)C[C@@H]1C(=O)NCCN1C(=O)c1ccc(Cl)cc1O. The molecule has 1 heterocycles. The highest BCUT2D eigenvalue weighted by atomic mass is 35.5. The Morgan fingerprint density at radius 1 is 1.50 bits per heavy atom. The minimum absolute atomic E-state index is 0.0426. The maximum atomic E-state index is 12.6. The number of carbonyl (C=O) groups is 3. The van der Waals surface area contributed by atoms with Crippen LogP contribution >= 0.6 is 11.6 Å². The number of aromatic hydroxyl groups is 1. The summed E-state index contributed by atoms with van der Waals surface area (Å²) in [6.07, 6.45) is -0.136. The fraction of sp³-hybridized carbons (Fsp3) is 0.357. The molecule has 3 N–H and O–H groups in total. The molecular formula is C14H16ClN3O4. The maximum Gasteiger partial charge on any atom is 0.258 e. The van der Waals surface area contributed by atoms with Gasteiger partial charge in [-0.25, -0.2) is 0 Å². The number of halogens is 1. The number of nitrogens with one attached hydrogen (secondary N) is 2. The molecule has 1 aliphatic rings. The summed E-state index contributed by atoms with van der Waals surface area (Å²) in [4.78, 5) is 37.4. The summed E-state index contributed by atoms with van der Waals surface area (Å²) in [7, 11) is 1.46. The highest BCUT2D eigenvalue weighted by Gasteiger charge is 2.35. The van der Waals surface area contributed by atoms with Gasteiger partial charge in [0, 0.05) is 25.2 Å². The van der Waals surface area contributed by atoms with Crippen molar-refractivity contribution in [2.75, 3.05) is 20.1 Å². The minimum atomic E-state index is -0.906. The standard InChI is InChI=1S/C14H16ClN3O4/c1-16-12(20)7-10-13(21)17-4-5-18(10)14(22)9-3-2-8(15)6-11(9)19/h2-3,6,10,19H,4-5,7H2,1H3,(H,16,20)(H,17,21)/t10-/m1/s1. The van der Waals surface area contributed by atoms with Gasteiger partial charge >= 0.3 is 0 Å². The lowest BCUT2D eigenvalue weighted by Gasteiger charge is -2.34. The van der Waals surface area contributed by atoms with Crippen molar-refractivity contribution in [3.8, 4) is 5.75 Å². The van der Waals surface area contributed by atoms with Gasteiger partial charge in [0.25, 0.3) is 5.91 Å². The van der Waals surface area contributed by atoms with E-state index in [4.69, 9.17) is 11.6 Å². The van der Waals surface area contributed by atoms with Crippen LogP contribution < -0.4 is 10.6 Å². The predicted molar refractivity (Wildman–Crippen MR) is 79.6 cm³/mol. The van der Waals surface area contributed by atoms with Crippen molar-refractivity contribution in [2.24, 2.45) is 0 Å². The lowest BCUT2D eigenvalue weighted by atomic mass is 10.1. The maximum absolute atomic E-state index is 12.6. The third kappa shape index (κ3) is 3.30. The van der Waals surface area contributed by atoms with Crippen LogP contribution in [0, 0.1) is 0 Å². The second-order valence-electron chi connectivity index (χ2n) is 4.84. The van der Waals surface area contributed by atoms with Gasteiger partial charge in [-0.2, -0.15) is 0 Å². The molecule has 0 unspecified atom stereocenters. The van der Waals surface area contributed by atoms with E-state index < -0.39 is 17.9 Å². The van der Waals surface area contributed by atoms with Gasteiger partial charge in [-0.15, -0.1) is 0 Å². The van der Waals surface area contributed by atoms with E-state index >= 15 is 0 Å². The molecule has 0 saturated carbocycles. The van der Waals surface area contributed by atoms with Crippen LogP contribution in [0.1, 0.15) is 16.8 Å². The predicted octanol–water partition coefficient (Wildman–Crippen LogP) is 0.122. The van der Waals surface area contributed by atoms with Gasteiger partial charge in [0.1, 0.15) is 11.8 Å². The Labute approximate surface area is 132 Å². The van der Waals surface area contributed by atoms with E-state index in [-0.39, 0.29) is 30.2 Å². The van der Waals surface area contributed by atoms with Gasteiger partial charge in [0.15, 0.2) is 0 Å². The van der Waals surface area contributed by atoms with E-state index in [1.165, 1.54) is 30.1 Å². The molecule has 7 nitrogen and oxygen atoms in total. The number of benzene rings is 1. The van der Waals surface area contributed by atoms with Crippen LogP contribution in [-0.2, 0) is 9.59 Å². The summed E-state index contributed by atoms with van der Waals surface area (Å²) in [5.41, 5.74) is 0.0426. The number of carbonyl (C=O) groups excluding carboxylic acids is 3. The van der Waals surface area contributed by atoms with Crippen LogP contribution in [0.15, 0.2) is 18.2 Å². The smallest absolute Gasteiger partial charge is 0.258 e. The molecule has 1 aromatic rings. The Morgan fingerprint density at radius 3 is 2.86 bits per heavy atom. The molecule has 0 spiro atoms. The number of hydrogen-bond acceptors (Lipinski definition) is 4. The van der Waals surface area contributed by atoms with E-state index in [1.54, 1.807) is 0 Å². The zero-order valence-electron chi connectivity index (χ0n) is 11.9. The van der Waals surface area contributed by atoms with Crippen LogP contribution in [0.3, 0.4) is 0 Å². The normalized spacial score (nSPS) is 17.8. The van der Waals surface area contributed by atoms with Gasteiger partial charge in [-0.3, -0.25) is 14.4 Å². The van der Waals surface area contributed by atoms with Gasteiger partial charge in [0.05, 0.1) is 12.0 Å². The number of hydrogen-bond donors (Lipinski definition) is 3. The van der Waals surface area contributed by atoms with Crippen molar-refractivity contribution in [3.63, 3.8) is 0 Å². The molecule has 22 heavy (non-hydrogen) atoms. The average molecular weight is 326 g/mol. The van der Waals surface area contributed by atoms with E-state index in [9.17, 15) is 19.5 Å². The Hall–Kier alpha value is -2.28. The van der Waals surface area contributed by atoms with Crippen molar-refractivity contribution < 1.29 is 19.5 Å². The van der Waals surface area contributed by atoms with Crippen LogP contribution in [0.5, 0.6) is 5.75 Å². The van der Waals surface area contributed by atoms with Crippen LogP contribution in [-0.4, -0.2) is 53.9 Å². The molecule has 118 valence electrons. The number of amides is 3. The summed E-state index contributed by atoms with van der Waals surface area (Å²) in [5, 5.41) is 15.2. The molecular weight excluding hydrogens is 310 g/mol. The van der Waals surface area contributed by atoms with Crippen LogP contribution in [0.25, 0.3) is 0 Å². The largest absolute Gasteiger partial charge is 0.507 e. The second-order valence-corrected chi connectivity index (χ2v) is 5.28. The Balaban J connectivity index is 2.28. The number of nitrogens with zero attached hydrogens (tertiary/aromatic N) is 1. The first-order valence-electron chi connectivity index (χ1n) is 6.72. The molecule has 1 fully saturated rings. The zero-order valence-corrected chi connectivity index (χ0v) is 12.7. The third-order valence-corrected chi connectivity index (χ3v) is 3.67. The molecule has 0 radical (unpaired) electrons. The van der Waals surface area contributed by atoms with Crippen molar-refractivity contribution in [1.29, 1.82) is 0 Å². The topological polar surface area (TPSA) is 98.7 Å². The molecule has 0 aromatic heterocycles. The summed E-state index contributed by atoms with van der Waals surface area (Å²) in [5.74, 6) is -1.52. The van der Waals surface area contributed by atoms with Crippen molar-refractivity contribution in [1.82, 2.24) is 15.5 Å². The van der Waals surface area contributed by atoms with Crippen molar-refractivity contribution in [3.05, 3.63) is 28.8 Å². The fourth-order valence-electron chi connectivity index (χ4n) is 2.28. The van der Waals surface area contributed by atoms with Crippen molar-refractivity contribution >= 4 is 29.3 Å². The minimum Gasteiger partial charge on any atom is -0.507 e. The molecule has 0 bridgehead atoms. The van der Waals surface area contributed by atoms with Crippen LogP contribution in [0.4, 0.5) is 0 Å². The first kappa shape index (κ1) is 16.1. The summed E-state index contributed by atoms with van der Waals surface area (Å²) in [6.45, 7) is 0.553. The Bertz CT molecular complexity index is 620. The van der Waals surface area contributed by atoms with E-state index in [0.29, 0.717) is 11.6 Å².